The number of hydrogen-bond donors (Lipinski definition) is 0. The molecule has 2 aliphatic rings. The molecule has 0 N–H and O–H groups in total. The van der Waals surface area contributed by atoms with Gasteiger partial charge in [-0.25, -0.2) is 0 Å². The summed E-state index contributed by atoms with van der Waals surface area (Å²) in [4.78, 5) is 0. The molecule has 0 heterocycles. The fraction of sp³-hybridized carbons (Fsp3) is 0.957. The van der Waals surface area contributed by atoms with Crippen molar-refractivity contribution in [1.82, 2.24) is 0 Å². The van der Waals surface area contributed by atoms with E-state index in [4.69, 9.17) is 0 Å². The second-order valence-corrected chi connectivity index (χ2v) is 8.96. The highest BCUT2D eigenvalue weighted by Gasteiger charge is 2.38. The molecule has 0 amide bonds. The van der Waals surface area contributed by atoms with Gasteiger partial charge in [0, 0.05) is 0 Å². The fourth-order valence-corrected chi connectivity index (χ4v) is 5.43. The maximum Gasteiger partial charge on any atom is 0.0689 e. The molecule has 24 heavy (non-hydrogen) atoms. The summed E-state index contributed by atoms with van der Waals surface area (Å²) in [6.07, 6.45) is 21.7. The lowest BCUT2D eigenvalue weighted by atomic mass is 9.63. The molecule has 0 saturated heterocycles. The minimum absolute atomic E-state index is 0.0447. The molecule has 2 fully saturated rings. The molecular weight excluding hydrogens is 290 g/mol. The summed E-state index contributed by atoms with van der Waals surface area (Å²) in [5.74, 6) is 2.96. The van der Waals surface area contributed by atoms with E-state index in [-0.39, 0.29) is 5.41 Å². The summed E-state index contributed by atoms with van der Waals surface area (Å²) in [5.41, 5.74) is 0.0447. The first-order valence-electron chi connectivity index (χ1n) is 11.1. The Morgan fingerprint density at radius 3 is 1.96 bits per heavy atom. The Morgan fingerprint density at radius 2 is 1.38 bits per heavy atom. The Morgan fingerprint density at radius 1 is 0.792 bits per heavy atom. The molecule has 0 unspecified atom stereocenters. The Labute approximate surface area is 151 Å². The molecule has 0 bridgehead atoms. The Balaban J connectivity index is 1.70. The second kappa shape index (κ2) is 10.5. The molecule has 0 radical (unpaired) electrons. The van der Waals surface area contributed by atoms with E-state index < -0.39 is 0 Å². The van der Waals surface area contributed by atoms with Gasteiger partial charge >= 0.3 is 0 Å². The zero-order chi connectivity index (χ0) is 17.3. The molecular formula is C23H41N. The summed E-state index contributed by atoms with van der Waals surface area (Å²) in [6, 6.07) is 2.74. The van der Waals surface area contributed by atoms with E-state index in [0.717, 1.165) is 24.2 Å². The van der Waals surface area contributed by atoms with Crippen LogP contribution < -0.4 is 0 Å². The smallest absolute Gasteiger partial charge is 0.0689 e. The lowest BCUT2D eigenvalue weighted by Gasteiger charge is -2.41. The Bertz CT molecular complexity index is 364. The summed E-state index contributed by atoms with van der Waals surface area (Å²) < 4.78 is 0. The summed E-state index contributed by atoms with van der Waals surface area (Å²) in [7, 11) is 0. The van der Waals surface area contributed by atoms with Gasteiger partial charge in [0.15, 0.2) is 0 Å². The van der Waals surface area contributed by atoms with Gasteiger partial charge in [-0.15, -0.1) is 0 Å². The van der Waals surface area contributed by atoms with E-state index in [2.05, 4.69) is 19.9 Å². The van der Waals surface area contributed by atoms with Crippen LogP contribution in [0.25, 0.3) is 0 Å². The third kappa shape index (κ3) is 5.79. The van der Waals surface area contributed by atoms with Crippen molar-refractivity contribution in [2.45, 2.75) is 117 Å². The SMILES string of the molecule is CCCCC[C@H]1CC[C@H]([C@H]2CC[C@](C#N)(CCCCC)CC2)CC1. The average molecular weight is 332 g/mol. The zero-order valence-electron chi connectivity index (χ0n) is 16.5. The van der Waals surface area contributed by atoms with E-state index in [9.17, 15) is 5.26 Å². The third-order valence-corrected chi connectivity index (χ3v) is 7.26. The van der Waals surface area contributed by atoms with E-state index in [1.165, 1.54) is 96.3 Å². The van der Waals surface area contributed by atoms with Crippen LogP contribution in [0.2, 0.25) is 0 Å². The molecule has 0 aromatic carbocycles. The van der Waals surface area contributed by atoms with E-state index in [1.807, 2.05) is 0 Å². The average Bonchev–Trinajstić information content (AvgIpc) is 2.63. The van der Waals surface area contributed by atoms with Crippen LogP contribution in [0, 0.1) is 34.5 Å². The van der Waals surface area contributed by atoms with Crippen LogP contribution in [0.1, 0.15) is 117 Å². The topological polar surface area (TPSA) is 23.8 Å². The highest BCUT2D eigenvalue weighted by Crippen LogP contribution is 2.47. The largest absolute Gasteiger partial charge is 0.198 e. The first-order valence-corrected chi connectivity index (χ1v) is 11.1. The van der Waals surface area contributed by atoms with Gasteiger partial charge in [0.1, 0.15) is 0 Å². The van der Waals surface area contributed by atoms with Gasteiger partial charge in [0.05, 0.1) is 11.5 Å². The molecule has 0 aromatic heterocycles. The molecule has 0 aromatic rings. The monoisotopic (exact) mass is 331 g/mol. The lowest BCUT2D eigenvalue weighted by molar-refractivity contribution is 0.114. The first-order chi connectivity index (χ1) is 11.7. The van der Waals surface area contributed by atoms with Crippen LogP contribution in [-0.4, -0.2) is 0 Å². The van der Waals surface area contributed by atoms with Crippen molar-refractivity contribution in [3.8, 4) is 6.07 Å². The highest BCUT2D eigenvalue weighted by molar-refractivity contribution is 5.02. The molecule has 2 aliphatic carbocycles. The zero-order valence-corrected chi connectivity index (χ0v) is 16.5. The Hall–Kier alpha value is -0.510. The van der Waals surface area contributed by atoms with Gasteiger partial charge in [-0.05, 0) is 62.7 Å². The maximum atomic E-state index is 9.72. The van der Waals surface area contributed by atoms with Gasteiger partial charge in [-0.2, -0.15) is 5.26 Å². The molecule has 138 valence electrons. The van der Waals surface area contributed by atoms with Crippen molar-refractivity contribution < 1.29 is 0 Å². The van der Waals surface area contributed by atoms with Crippen LogP contribution >= 0.6 is 0 Å². The van der Waals surface area contributed by atoms with E-state index >= 15 is 0 Å². The maximum absolute atomic E-state index is 9.72. The van der Waals surface area contributed by atoms with Crippen LogP contribution in [0.5, 0.6) is 0 Å². The van der Waals surface area contributed by atoms with Crippen LogP contribution in [0.4, 0.5) is 0 Å². The summed E-state index contributed by atoms with van der Waals surface area (Å²) in [5, 5.41) is 9.72. The predicted octanol–water partition coefficient (Wildman–Crippen LogP) is 7.65. The van der Waals surface area contributed by atoms with Crippen molar-refractivity contribution in [3.63, 3.8) is 0 Å². The van der Waals surface area contributed by atoms with E-state index in [1.54, 1.807) is 0 Å². The quantitative estimate of drug-likeness (QED) is 0.398. The first kappa shape index (κ1) is 19.8. The minimum Gasteiger partial charge on any atom is -0.198 e. The van der Waals surface area contributed by atoms with E-state index in [0.29, 0.717) is 0 Å². The predicted molar refractivity (Wildman–Crippen MR) is 104 cm³/mol. The molecule has 0 aliphatic heterocycles. The fourth-order valence-electron chi connectivity index (χ4n) is 5.43. The van der Waals surface area contributed by atoms with Crippen LogP contribution in [0.3, 0.4) is 0 Å². The van der Waals surface area contributed by atoms with Gasteiger partial charge in [-0.1, -0.05) is 71.6 Å². The van der Waals surface area contributed by atoms with Crippen LogP contribution in [-0.2, 0) is 0 Å². The number of hydrogen-bond acceptors (Lipinski definition) is 1. The summed E-state index contributed by atoms with van der Waals surface area (Å²) >= 11 is 0. The van der Waals surface area contributed by atoms with Crippen molar-refractivity contribution >= 4 is 0 Å². The normalized spacial score (nSPS) is 34.0. The minimum atomic E-state index is 0.0447. The van der Waals surface area contributed by atoms with Crippen molar-refractivity contribution in [3.05, 3.63) is 0 Å². The molecule has 2 saturated carbocycles. The lowest BCUT2D eigenvalue weighted by Crippen LogP contribution is -2.31. The van der Waals surface area contributed by atoms with Gasteiger partial charge in [-0.3, -0.25) is 0 Å². The standard InChI is InChI=1S/C23H41N/c1-3-5-7-9-20-10-12-21(13-11-20)22-14-17-23(19-24,18-15-22)16-8-6-4-2/h20-22H,3-18H2,1-2H3/t20-,21-,22-,23+. The van der Waals surface area contributed by atoms with Gasteiger partial charge in [0.25, 0.3) is 0 Å². The molecule has 2 rings (SSSR count). The van der Waals surface area contributed by atoms with Gasteiger partial charge in [0.2, 0.25) is 0 Å². The molecule has 0 atom stereocenters. The second-order valence-electron chi connectivity index (χ2n) is 8.96. The Kier molecular flexibility index (Phi) is 8.65. The highest BCUT2D eigenvalue weighted by atomic mass is 14.4. The van der Waals surface area contributed by atoms with Crippen molar-refractivity contribution in [2.75, 3.05) is 0 Å². The summed E-state index contributed by atoms with van der Waals surface area (Å²) in [6.45, 7) is 4.57. The number of nitrogens with zero attached hydrogens (tertiary/aromatic N) is 1. The van der Waals surface area contributed by atoms with Crippen molar-refractivity contribution in [1.29, 1.82) is 5.26 Å². The number of nitriles is 1. The molecule has 0 spiro atoms. The van der Waals surface area contributed by atoms with Gasteiger partial charge < -0.3 is 0 Å². The number of unbranched alkanes of at least 4 members (excludes halogenated alkanes) is 4. The third-order valence-electron chi connectivity index (χ3n) is 7.26. The molecule has 1 heteroatoms. The van der Waals surface area contributed by atoms with Crippen LogP contribution in [0.15, 0.2) is 0 Å². The van der Waals surface area contributed by atoms with Crippen molar-refractivity contribution in [2.24, 2.45) is 23.2 Å². The number of rotatable bonds is 9. The molecule has 1 nitrogen and oxygen atoms in total.